The van der Waals surface area contributed by atoms with E-state index in [-0.39, 0.29) is 18.0 Å². The third-order valence-electron chi connectivity index (χ3n) is 10.5. The number of pyridine rings is 2. The molecule has 10 nitrogen and oxygen atoms in total. The lowest BCUT2D eigenvalue weighted by molar-refractivity contribution is -0.577. The van der Waals surface area contributed by atoms with Gasteiger partial charge in [0.15, 0.2) is 12.0 Å². The monoisotopic (exact) mass is 613 g/mol. The van der Waals surface area contributed by atoms with Gasteiger partial charge in [0.05, 0.1) is 24.0 Å². The first-order chi connectivity index (χ1) is 22.4. The number of aromatic nitrogens is 5. The van der Waals surface area contributed by atoms with Crippen LogP contribution in [0.4, 0.5) is 0 Å². The van der Waals surface area contributed by atoms with Crippen molar-refractivity contribution in [1.29, 1.82) is 0 Å². The summed E-state index contributed by atoms with van der Waals surface area (Å²) in [5.74, 6) is 2.40. The standard InChI is InChI=1S/C36H35N7O3/c1-40-33-27(15-25(17-31(33)46-2)36(44)42-19-24-9-12-29(42)32(24)37)39-35(40)30-16-23-7-10-26(38-34(23)41(30)18-20-5-6-20)21-8-11-28-22(14-21)4-3-13-43(28)45/h3-4,7-8,10-11,13-17,20,24,29,32H,5-6,9,12,18-19,37H2,1-2H3/t24-,29-,32-/m1/s1. The van der Waals surface area contributed by atoms with E-state index in [9.17, 15) is 10.0 Å². The molecule has 9 rings (SSSR count). The quantitative estimate of drug-likeness (QED) is 0.208. The highest BCUT2D eigenvalue weighted by atomic mass is 16.5. The lowest BCUT2D eigenvalue weighted by Crippen LogP contribution is -2.41. The van der Waals surface area contributed by atoms with E-state index in [1.54, 1.807) is 13.2 Å². The Bertz CT molecular complexity index is 2210. The van der Waals surface area contributed by atoms with E-state index >= 15 is 0 Å². The third-order valence-corrected chi connectivity index (χ3v) is 10.5. The predicted molar refractivity (Wildman–Crippen MR) is 176 cm³/mol. The number of carbonyl (C=O) groups excluding carboxylic acids is 1. The molecule has 6 aromatic rings. The van der Waals surface area contributed by atoms with Gasteiger partial charge in [0.25, 0.3) is 5.91 Å². The molecular weight excluding hydrogens is 578 g/mol. The molecule has 0 unspecified atom stereocenters. The molecule has 2 bridgehead atoms. The Balaban J connectivity index is 1.15. The van der Waals surface area contributed by atoms with Gasteiger partial charge in [-0.3, -0.25) is 4.79 Å². The van der Waals surface area contributed by atoms with Gasteiger partial charge >= 0.3 is 0 Å². The maximum absolute atomic E-state index is 13.7. The number of aryl methyl sites for hydroxylation is 1. The average Bonchev–Trinajstić information content (AvgIpc) is 3.47. The third kappa shape index (κ3) is 4.12. The zero-order valence-electron chi connectivity index (χ0n) is 25.9. The summed E-state index contributed by atoms with van der Waals surface area (Å²) in [6.45, 7) is 1.57. The minimum absolute atomic E-state index is 0.00612. The molecule has 1 amide bonds. The van der Waals surface area contributed by atoms with Crippen molar-refractivity contribution in [2.24, 2.45) is 24.6 Å². The Labute approximate surface area is 265 Å². The van der Waals surface area contributed by atoms with Crippen molar-refractivity contribution in [3.05, 3.63) is 77.6 Å². The van der Waals surface area contributed by atoms with Gasteiger partial charge < -0.3 is 29.7 Å². The molecule has 2 aromatic carbocycles. The van der Waals surface area contributed by atoms with Crippen molar-refractivity contribution in [2.45, 2.75) is 44.3 Å². The van der Waals surface area contributed by atoms with Gasteiger partial charge in [0.2, 0.25) is 5.52 Å². The van der Waals surface area contributed by atoms with Gasteiger partial charge in [0, 0.05) is 66.3 Å². The summed E-state index contributed by atoms with van der Waals surface area (Å²) in [4.78, 5) is 26.0. The summed E-state index contributed by atoms with van der Waals surface area (Å²) in [7, 11) is 3.64. The van der Waals surface area contributed by atoms with Crippen LogP contribution in [0.15, 0.2) is 66.9 Å². The molecule has 232 valence electrons. The molecule has 1 aliphatic heterocycles. The van der Waals surface area contributed by atoms with Gasteiger partial charge in [-0.25, -0.2) is 9.97 Å². The average molecular weight is 614 g/mol. The highest BCUT2D eigenvalue weighted by Gasteiger charge is 2.47. The number of piperidine rings is 1. The van der Waals surface area contributed by atoms with Crippen molar-refractivity contribution >= 4 is 38.9 Å². The van der Waals surface area contributed by atoms with Crippen LogP contribution in [-0.4, -0.2) is 55.6 Å². The van der Waals surface area contributed by atoms with Crippen LogP contribution in [0.3, 0.4) is 0 Å². The zero-order chi connectivity index (χ0) is 31.3. The van der Waals surface area contributed by atoms with E-state index in [4.69, 9.17) is 20.4 Å². The summed E-state index contributed by atoms with van der Waals surface area (Å²) >= 11 is 0. The molecule has 3 atom stereocenters. The second-order valence-electron chi connectivity index (χ2n) is 13.3. The van der Waals surface area contributed by atoms with Crippen LogP contribution >= 0.6 is 0 Å². The van der Waals surface area contributed by atoms with Crippen LogP contribution < -0.4 is 15.2 Å². The normalized spacial score (nSPS) is 20.8. The number of nitrogens with two attached hydrogens (primary N) is 1. The molecule has 3 aliphatic rings. The van der Waals surface area contributed by atoms with Gasteiger partial charge in [-0.1, -0.05) is 0 Å². The molecule has 10 heteroatoms. The van der Waals surface area contributed by atoms with Crippen LogP contribution in [0.1, 0.15) is 36.0 Å². The largest absolute Gasteiger partial charge is 0.618 e. The van der Waals surface area contributed by atoms with Crippen LogP contribution in [-0.2, 0) is 13.6 Å². The molecule has 5 heterocycles. The number of rotatable bonds is 6. The van der Waals surface area contributed by atoms with Crippen molar-refractivity contribution in [3.63, 3.8) is 0 Å². The molecule has 2 aliphatic carbocycles. The van der Waals surface area contributed by atoms with Crippen molar-refractivity contribution < 1.29 is 14.3 Å². The molecule has 2 N–H and O–H groups in total. The molecule has 1 saturated heterocycles. The number of ether oxygens (including phenoxy) is 1. The number of carbonyl (C=O) groups is 1. The lowest BCUT2D eigenvalue weighted by Gasteiger charge is -2.27. The molecule has 3 fully saturated rings. The first kappa shape index (κ1) is 27.4. The number of amides is 1. The fourth-order valence-corrected chi connectivity index (χ4v) is 7.84. The number of nitrogens with zero attached hydrogens (tertiary/aromatic N) is 6. The van der Waals surface area contributed by atoms with E-state index in [0.29, 0.717) is 35.2 Å². The fraction of sp³-hybridized carbons (Fsp3) is 0.333. The number of likely N-dealkylation sites (tertiary alicyclic amines) is 1. The molecular formula is C36H35N7O3. The van der Waals surface area contributed by atoms with Crippen LogP contribution in [0.5, 0.6) is 5.75 Å². The van der Waals surface area contributed by atoms with Gasteiger partial charge in [0.1, 0.15) is 16.9 Å². The Morgan fingerprint density at radius 3 is 2.67 bits per heavy atom. The van der Waals surface area contributed by atoms with E-state index in [1.165, 1.54) is 19.0 Å². The first-order valence-electron chi connectivity index (χ1n) is 16.1. The summed E-state index contributed by atoms with van der Waals surface area (Å²) in [5.41, 5.74) is 12.9. The number of hydrogen-bond donors (Lipinski definition) is 1. The van der Waals surface area contributed by atoms with Gasteiger partial charge in [-0.2, -0.15) is 4.73 Å². The van der Waals surface area contributed by atoms with E-state index in [2.05, 4.69) is 21.3 Å². The summed E-state index contributed by atoms with van der Waals surface area (Å²) in [6.07, 6.45) is 5.97. The van der Waals surface area contributed by atoms with Crippen LogP contribution in [0.25, 0.3) is 55.7 Å². The highest BCUT2D eigenvalue weighted by Crippen LogP contribution is 2.40. The molecule has 2 saturated carbocycles. The second-order valence-corrected chi connectivity index (χ2v) is 13.3. The number of methoxy groups -OCH3 is 1. The SMILES string of the molecule is COc1cc(C(=O)N2C[C@H]3CC[C@@H]2[C@@H]3N)cc2nc(-c3cc4ccc(-c5ccc6c(ccc[n+]6[O-])c5)nc4n3CC3CC3)n(C)c12. The molecule has 4 aromatic heterocycles. The predicted octanol–water partition coefficient (Wildman–Crippen LogP) is 5.02. The number of benzene rings is 2. The number of fused-ring (bicyclic) bond motifs is 5. The number of imidazole rings is 1. The smallest absolute Gasteiger partial charge is 0.254 e. The molecule has 46 heavy (non-hydrogen) atoms. The number of hydrogen-bond acceptors (Lipinski definition) is 6. The topological polar surface area (TPSA) is 118 Å². The summed E-state index contributed by atoms with van der Waals surface area (Å²) in [5, 5.41) is 14.1. The van der Waals surface area contributed by atoms with Gasteiger partial charge in [-0.15, -0.1) is 0 Å². The van der Waals surface area contributed by atoms with Crippen molar-refractivity contribution in [1.82, 2.24) is 24.0 Å². The fourth-order valence-electron chi connectivity index (χ4n) is 7.84. The minimum atomic E-state index is -0.00612. The second kappa shape index (κ2) is 10.0. The van der Waals surface area contributed by atoms with Crippen LogP contribution in [0.2, 0.25) is 0 Å². The van der Waals surface area contributed by atoms with Gasteiger partial charge in [-0.05, 0) is 86.1 Å². The van der Waals surface area contributed by atoms with Crippen LogP contribution in [0, 0.1) is 17.0 Å². The lowest BCUT2D eigenvalue weighted by atomic mass is 10.1. The Morgan fingerprint density at radius 2 is 1.91 bits per heavy atom. The van der Waals surface area contributed by atoms with Crippen molar-refractivity contribution in [3.8, 4) is 28.5 Å². The minimum Gasteiger partial charge on any atom is -0.618 e. The zero-order valence-corrected chi connectivity index (χ0v) is 25.9. The first-order valence-corrected chi connectivity index (χ1v) is 16.1. The highest BCUT2D eigenvalue weighted by molar-refractivity contribution is 6.00. The van der Waals surface area contributed by atoms with Crippen molar-refractivity contribution in [2.75, 3.05) is 13.7 Å². The summed E-state index contributed by atoms with van der Waals surface area (Å²) < 4.78 is 11.1. The maximum atomic E-state index is 13.7. The Morgan fingerprint density at radius 1 is 1.04 bits per heavy atom. The molecule has 0 radical (unpaired) electrons. The van der Waals surface area contributed by atoms with E-state index in [0.717, 1.165) is 74.3 Å². The molecule has 0 spiro atoms. The Hall–Kier alpha value is -4.96. The Kier molecular flexibility index (Phi) is 5.96. The summed E-state index contributed by atoms with van der Waals surface area (Å²) in [6, 6.07) is 19.8. The van der Waals surface area contributed by atoms with E-state index < -0.39 is 0 Å². The van der Waals surface area contributed by atoms with E-state index in [1.807, 2.05) is 54.4 Å². The maximum Gasteiger partial charge on any atom is 0.254 e.